The average molecular weight is 154 g/mol. The van der Waals surface area contributed by atoms with E-state index in [-0.39, 0.29) is 5.54 Å². The first-order valence-corrected chi connectivity index (χ1v) is 4.24. The van der Waals surface area contributed by atoms with Crippen LogP contribution in [0.3, 0.4) is 0 Å². The minimum absolute atomic E-state index is 0.0139. The fourth-order valence-corrected chi connectivity index (χ4v) is 1.63. The van der Waals surface area contributed by atoms with Crippen LogP contribution in [0.5, 0.6) is 0 Å². The second-order valence-electron chi connectivity index (χ2n) is 3.94. The lowest BCUT2D eigenvalue weighted by molar-refractivity contribution is 0.0914. The Labute approximate surface area is 68.6 Å². The van der Waals surface area contributed by atoms with Gasteiger partial charge in [-0.1, -0.05) is 6.92 Å². The maximum absolute atomic E-state index is 10.5. The van der Waals surface area contributed by atoms with E-state index >= 15 is 0 Å². The third-order valence-corrected chi connectivity index (χ3v) is 3.03. The van der Waals surface area contributed by atoms with Gasteiger partial charge in [0.05, 0.1) is 0 Å². The Morgan fingerprint density at radius 3 is 2.64 bits per heavy atom. The van der Waals surface area contributed by atoms with E-state index in [9.17, 15) is 4.79 Å². The molecule has 2 heteroatoms. The van der Waals surface area contributed by atoms with Crippen LogP contribution in [0, 0.1) is 5.92 Å². The fourth-order valence-electron chi connectivity index (χ4n) is 1.63. The summed E-state index contributed by atoms with van der Waals surface area (Å²) in [6, 6.07) is 0. The van der Waals surface area contributed by atoms with E-state index in [1.54, 1.807) is 4.90 Å². The highest BCUT2D eigenvalue weighted by molar-refractivity contribution is 5.50. The number of nitrogens with zero attached hydrogens (tertiary/aromatic N) is 1. The zero-order valence-corrected chi connectivity index (χ0v) is 7.55. The van der Waals surface area contributed by atoms with Crippen molar-refractivity contribution < 1.29 is 4.79 Å². The summed E-state index contributed by atoms with van der Waals surface area (Å²) in [7, 11) is 0. The van der Waals surface area contributed by atoms with Crippen LogP contribution in [0.25, 0.3) is 0 Å². The lowest BCUT2D eigenvalue weighted by atomic mass is 9.81. The predicted octanol–water partition coefficient (Wildman–Crippen LogP) is 1.56. The van der Waals surface area contributed by atoms with Crippen molar-refractivity contribution in [2.45, 2.75) is 39.2 Å². The largest absolute Gasteiger partial charge is 0.329 e. The molecule has 0 aromatic rings. The standard InChI is InChI=1S/C9H16NO/c1-8-5-4-6-10(7-11)9(8,2)3/h8H,4-6H2,1-3H3. The van der Waals surface area contributed by atoms with Crippen LogP contribution < -0.4 is 0 Å². The zero-order valence-electron chi connectivity index (χ0n) is 7.55. The normalized spacial score (nSPS) is 30.1. The summed E-state index contributed by atoms with van der Waals surface area (Å²) < 4.78 is 0. The summed E-state index contributed by atoms with van der Waals surface area (Å²) >= 11 is 0. The second kappa shape index (κ2) is 2.84. The summed E-state index contributed by atoms with van der Waals surface area (Å²) in [6.07, 6.45) is 4.36. The molecule has 0 aliphatic carbocycles. The third-order valence-electron chi connectivity index (χ3n) is 3.03. The van der Waals surface area contributed by atoms with Crippen LogP contribution in [-0.4, -0.2) is 23.4 Å². The molecule has 1 aliphatic rings. The van der Waals surface area contributed by atoms with Crippen LogP contribution in [0.1, 0.15) is 33.6 Å². The molecule has 63 valence electrons. The van der Waals surface area contributed by atoms with Crippen molar-refractivity contribution in [3.8, 4) is 0 Å². The van der Waals surface area contributed by atoms with E-state index in [2.05, 4.69) is 20.8 Å². The maximum atomic E-state index is 10.5. The molecule has 0 N–H and O–H groups in total. The maximum Gasteiger partial charge on any atom is 0.312 e. The van der Waals surface area contributed by atoms with E-state index in [1.165, 1.54) is 6.42 Å². The van der Waals surface area contributed by atoms with Gasteiger partial charge in [0, 0.05) is 12.1 Å². The van der Waals surface area contributed by atoms with Gasteiger partial charge in [0.15, 0.2) is 0 Å². The first kappa shape index (κ1) is 8.57. The molecule has 11 heavy (non-hydrogen) atoms. The minimum Gasteiger partial charge on any atom is -0.329 e. The van der Waals surface area contributed by atoms with Crippen LogP contribution in [0.15, 0.2) is 0 Å². The van der Waals surface area contributed by atoms with E-state index in [1.807, 2.05) is 6.41 Å². The van der Waals surface area contributed by atoms with Gasteiger partial charge in [-0.3, -0.25) is 4.79 Å². The van der Waals surface area contributed by atoms with Crippen LogP contribution in [0.2, 0.25) is 0 Å². The summed E-state index contributed by atoms with van der Waals surface area (Å²) in [5, 5.41) is 0. The number of hydrogen-bond donors (Lipinski definition) is 0. The molecule has 1 amide bonds. The lowest BCUT2D eigenvalue weighted by Gasteiger charge is -2.44. The topological polar surface area (TPSA) is 20.3 Å². The average Bonchev–Trinajstić information content (AvgIpc) is 1.95. The van der Waals surface area contributed by atoms with E-state index in [4.69, 9.17) is 0 Å². The van der Waals surface area contributed by atoms with Crippen molar-refractivity contribution >= 4 is 6.41 Å². The van der Waals surface area contributed by atoms with Crippen molar-refractivity contribution in [2.24, 2.45) is 5.92 Å². The van der Waals surface area contributed by atoms with Crippen molar-refractivity contribution in [1.82, 2.24) is 4.90 Å². The number of piperidine rings is 1. The molecule has 0 aromatic heterocycles. The van der Waals surface area contributed by atoms with Gasteiger partial charge in [-0.25, -0.2) is 0 Å². The molecule has 0 bridgehead atoms. The Morgan fingerprint density at radius 2 is 2.18 bits per heavy atom. The first-order chi connectivity index (χ1) is 5.09. The Kier molecular flexibility index (Phi) is 2.21. The van der Waals surface area contributed by atoms with Crippen LogP contribution in [-0.2, 0) is 4.79 Å². The fraction of sp³-hybridized carbons (Fsp3) is 0.889. The number of hydrogen-bond acceptors (Lipinski definition) is 1. The molecule has 1 aliphatic heterocycles. The van der Waals surface area contributed by atoms with Crippen LogP contribution in [0.4, 0.5) is 0 Å². The summed E-state index contributed by atoms with van der Waals surface area (Å²) in [6.45, 7) is 7.30. The Balaban J connectivity index is 2.72. The molecule has 2 nitrogen and oxygen atoms in total. The van der Waals surface area contributed by atoms with Gasteiger partial charge in [-0.05, 0) is 32.6 Å². The number of carbonyl (C=O) groups excluding carboxylic acids is 1. The predicted molar refractivity (Wildman–Crippen MR) is 44.9 cm³/mol. The van der Waals surface area contributed by atoms with E-state index in [0.717, 1.165) is 13.0 Å². The van der Waals surface area contributed by atoms with Gasteiger partial charge in [-0.15, -0.1) is 0 Å². The highest BCUT2D eigenvalue weighted by atomic mass is 16.1. The van der Waals surface area contributed by atoms with E-state index in [0.29, 0.717) is 5.92 Å². The second-order valence-corrected chi connectivity index (χ2v) is 3.94. The summed E-state index contributed by atoms with van der Waals surface area (Å²) in [4.78, 5) is 12.3. The molecule has 0 spiro atoms. The molecule has 1 unspecified atom stereocenters. The zero-order chi connectivity index (χ0) is 8.48. The molecule has 1 saturated heterocycles. The first-order valence-electron chi connectivity index (χ1n) is 4.24. The van der Waals surface area contributed by atoms with Crippen LogP contribution >= 0.6 is 0 Å². The number of likely N-dealkylation sites (tertiary alicyclic amines) is 1. The van der Waals surface area contributed by atoms with Crippen molar-refractivity contribution in [3.05, 3.63) is 0 Å². The Hall–Kier alpha value is -0.530. The Bertz CT molecular complexity index is 154. The molecule has 1 rings (SSSR count). The smallest absolute Gasteiger partial charge is 0.312 e. The molecule has 0 aromatic carbocycles. The molecular weight excluding hydrogens is 138 g/mol. The highest BCUT2D eigenvalue weighted by Gasteiger charge is 2.35. The molecule has 1 atom stereocenters. The number of rotatable bonds is 1. The van der Waals surface area contributed by atoms with Crippen molar-refractivity contribution in [1.29, 1.82) is 0 Å². The highest BCUT2D eigenvalue weighted by Crippen LogP contribution is 2.31. The van der Waals surface area contributed by atoms with E-state index < -0.39 is 0 Å². The quantitative estimate of drug-likeness (QED) is 0.561. The van der Waals surface area contributed by atoms with Gasteiger partial charge in [0.1, 0.15) is 0 Å². The summed E-state index contributed by atoms with van der Waals surface area (Å²) in [5.41, 5.74) is 0.0139. The van der Waals surface area contributed by atoms with Gasteiger partial charge >= 0.3 is 6.41 Å². The molecule has 1 fully saturated rings. The van der Waals surface area contributed by atoms with Gasteiger partial charge in [0.25, 0.3) is 0 Å². The SMILES string of the molecule is CC1CCCN([C]=O)C1(C)C. The summed E-state index contributed by atoms with van der Waals surface area (Å²) in [5.74, 6) is 0.595. The van der Waals surface area contributed by atoms with Gasteiger partial charge in [-0.2, -0.15) is 0 Å². The number of amides is 1. The molecule has 0 saturated carbocycles. The molecule has 1 radical (unpaired) electrons. The van der Waals surface area contributed by atoms with Crippen molar-refractivity contribution in [3.63, 3.8) is 0 Å². The molecular formula is C9H16NO. The third kappa shape index (κ3) is 1.39. The van der Waals surface area contributed by atoms with Gasteiger partial charge < -0.3 is 4.90 Å². The van der Waals surface area contributed by atoms with Crippen molar-refractivity contribution in [2.75, 3.05) is 6.54 Å². The monoisotopic (exact) mass is 154 g/mol. The molecule has 1 heterocycles. The lowest BCUT2D eigenvalue weighted by Crippen LogP contribution is -2.51. The minimum atomic E-state index is 0.0139. The Morgan fingerprint density at radius 1 is 1.55 bits per heavy atom. The van der Waals surface area contributed by atoms with Gasteiger partial charge in [0.2, 0.25) is 0 Å².